The van der Waals surface area contributed by atoms with E-state index in [-0.39, 0.29) is 7.43 Å². The first kappa shape index (κ1) is 101. The summed E-state index contributed by atoms with van der Waals surface area (Å²) in [7, 11) is 3.23. The normalized spacial score (nSPS) is 12.2. The van der Waals surface area contributed by atoms with Crippen LogP contribution in [0, 0.1) is 83.1 Å². The van der Waals surface area contributed by atoms with Gasteiger partial charge in [-0.05, 0) is 198 Å². The van der Waals surface area contributed by atoms with Crippen LogP contribution in [0.2, 0.25) is 0 Å². The Hall–Kier alpha value is -5.30. The van der Waals surface area contributed by atoms with Crippen LogP contribution in [0.3, 0.4) is 0 Å². The molecule has 10 aromatic carbocycles. The van der Waals surface area contributed by atoms with Gasteiger partial charge in [0.1, 0.15) is 0 Å². The van der Waals surface area contributed by atoms with Crippen molar-refractivity contribution in [3.05, 3.63) is 352 Å². The first-order chi connectivity index (χ1) is 55.4. The van der Waals surface area contributed by atoms with E-state index in [1.54, 1.807) is 10.8 Å². The van der Waals surface area contributed by atoms with Gasteiger partial charge in [-0.1, -0.05) is 415 Å². The van der Waals surface area contributed by atoms with Crippen molar-refractivity contribution in [2.24, 2.45) is 0 Å². The van der Waals surface area contributed by atoms with Gasteiger partial charge in [0, 0.05) is 28.8 Å². The molecule has 5 nitrogen and oxygen atoms in total. The largest absolute Gasteiger partial charge is 0.248 e. The van der Waals surface area contributed by atoms with Gasteiger partial charge in [-0.25, -0.2) is 21.0 Å². The van der Waals surface area contributed by atoms with Crippen LogP contribution in [-0.4, -0.2) is 21.0 Å². The maximum absolute atomic E-state index is 12.5. The van der Waals surface area contributed by atoms with Crippen molar-refractivity contribution >= 4 is 103 Å². The standard InChI is InChI=1S/C27H40OS2.C21H28OS2.C20H26OS2.2C16H18OS2.CH4/c1-3-4-5-6-7-8-9-10-11-12-13-25-18-20-27(21-19-25)23-30(28)29-22-26-16-14-24(2)15-17-26;1-3-4-5-6-7-19-12-14-21(15-13-19)17-24(22)23-16-20-10-8-18(2)9-11-20;1-13-7-15(3)19(16(4)8-13)11-22-23(21)12-20-17(5)9-14(2)10-18(20)6;2*1-13-3-7-15(8-4-13)11-18-19(17)12-16-9-5-14(2)6-10-16;/h14-21H,3-13,22-23H2,1-2H3;8-15H,3-7,16-17H2,1-2H3;7-10H,11-12H2,1-6H3;2*3-10H,11-12H2,1-2H3;1H4. The Bertz CT molecular complexity index is 4350. The average Bonchev–Trinajstić information content (AvgIpc) is 0.839. The average molecular weight is 1750 g/mol. The second-order valence-electron chi connectivity index (χ2n) is 30.6. The molecule has 0 aliphatic rings. The highest BCUT2D eigenvalue weighted by atomic mass is 33.1. The number of benzene rings is 10. The highest BCUT2D eigenvalue weighted by molar-refractivity contribution is 8.69. The van der Waals surface area contributed by atoms with Gasteiger partial charge in [0.2, 0.25) is 0 Å². The molecule has 5 unspecified atom stereocenters. The minimum Gasteiger partial charge on any atom is -0.248 e. The van der Waals surface area contributed by atoms with Crippen LogP contribution in [0.25, 0.3) is 0 Å². The number of rotatable bonds is 41. The molecular weight excluding hydrogens is 1610 g/mol. The topological polar surface area (TPSA) is 85.3 Å². The molecule has 0 bridgehead atoms. The van der Waals surface area contributed by atoms with Gasteiger partial charge in [0.25, 0.3) is 0 Å². The second-order valence-corrected chi connectivity index (χ2v) is 46.8. The van der Waals surface area contributed by atoms with Crippen LogP contribution >= 0.6 is 54.0 Å². The number of unbranched alkanes of at least 4 members (excludes halogenated alkanes) is 12. The van der Waals surface area contributed by atoms with Crippen molar-refractivity contribution < 1.29 is 21.0 Å². The third kappa shape index (κ3) is 43.8. The van der Waals surface area contributed by atoms with Gasteiger partial charge in [0.15, 0.2) is 0 Å². The summed E-state index contributed by atoms with van der Waals surface area (Å²) < 4.78 is 61.2. The molecule has 0 saturated heterocycles. The number of hydrogen-bond donors (Lipinski definition) is 0. The molecule has 116 heavy (non-hydrogen) atoms. The molecule has 0 fully saturated rings. The molecule has 0 aliphatic heterocycles. The zero-order chi connectivity index (χ0) is 83.1. The van der Waals surface area contributed by atoms with Crippen molar-refractivity contribution in [1.29, 1.82) is 0 Å². The molecule has 5 atom stereocenters. The lowest BCUT2D eigenvalue weighted by Gasteiger charge is -2.13. The van der Waals surface area contributed by atoms with E-state index in [0.717, 1.165) is 46.3 Å². The molecule has 628 valence electrons. The molecule has 0 aromatic heterocycles. The first-order valence-corrected chi connectivity index (χ1v) is 55.2. The molecule has 0 saturated carbocycles. The summed E-state index contributed by atoms with van der Waals surface area (Å²) in [4.78, 5) is 0. The van der Waals surface area contributed by atoms with Gasteiger partial charge in [-0.3, -0.25) is 0 Å². The van der Waals surface area contributed by atoms with E-state index in [4.69, 9.17) is 0 Å². The third-order valence-electron chi connectivity index (χ3n) is 19.8. The van der Waals surface area contributed by atoms with Crippen LogP contribution < -0.4 is 0 Å². The van der Waals surface area contributed by atoms with Gasteiger partial charge >= 0.3 is 0 Å². The lowest BCUT2D eigenvalue weighted by atomic mass is 10.0. The monoisotopic (exact) mass is 1750 g/mol. The van der Waals surface area contributed by atoms with Crippen LogP contribution in [0.4, 0.5) is 0 Å². The molecule has 0 amide bonds. The summed E-state index contributed by atoms with van der Waals surface area (Å²) >= 11 is 0. The summed E-state index contributed by atoms with van der Waals surface area (Å²) in [5, 5.41) is 0. The van der Waals surface area contributed by atoms with E-state index < -0.39 is 49.2 Å². The fourth-order valence-electron chi connectivity index (χ4n) is 12.7. The van der Waals surface area contributed by atoms with Crippen LogP contribution in [0.1, 0.15) is 245 Å². The molecule has 0 spiro atoms. The van der Waals surface area contributed by atoms with E-state index >= 15 is 0 Å². The predicted octanol–water partition coefficient (Wildman–Crippen LogP) is 29.8. The molecule has 10 aromatic rings. The lowest BCUT2D eigenvalue weighted by Crippen LogP contribution is -2.00. The van der Waals surface area contributed by atoms with Gasteiger partial charge < -0.3 is 0 Å². The Morgan fingerprint density at radius 3 is 0.655 bits per heavy atom. The zero-order valence-corrected chi connectivity index (χ0v) is 79.5. The highest BCUT2D eigenvalue weighted by Crippen LogP contribution is 2.30. The van der Waals surface area contributed by atoms with Crippen molar-refractivity contribution in [2.45, 2.75) is 265 Å². The SMILES string of the molecule is C.CCCCCCCCCCCCc1ccc(CS(=O)SCc2ccc(C)cc2)cc1.CCCCCCc1ccc(CS(=O)SCc2ccc(C)cc2)cc1.Cc1cc(C)c(CSS(=O)Cc2c(C)cc(C)cc2C)c(C)c1.Cc1ccc(CSS(=O)Cc2ccc(C)cc2)cc1.Cc1ccc(CSS(=O)Cc2ccc(C)cc2)cc1. The van der Waals surface area contributed by atoms with Gasteiger partial charge in [-0.15, -0.1) is 0 Å². The molecular formula is C101H134O5S10. The Balaban J connectivity index is 0.000000261. The minimum atomic E-state index is -0.904. The van der Waals surface area contributed by atoms with E-state index in [1.807, 2.05) is 0 Å². The smallest absolute Gasteiger partial charge is 0.0852 e. The quantitative estimate of drug-likeness (QED) is 0.0273. The highest BCUT2D eigenvalue weighted by Gasteiger charge is 2.14. The number of aryl methyl sites for hydroxylation is 14. The van der Waals surface area contributed by atoms with E-state index in [0.29, 0.717) is 28.8 Å². The second kappa shape index (κ2) is 58.6. The maximum atomic E-state index is 12.5. The first-order valence-electron chi connectivity index (χ1n) is 41.1. The Labute approximate surface area is 733 Å². The van der Waals surface area contributed by atoms with E-state index in [2.05, 4.69) is 315 Å². The van der Waals surface area contributed by atoms with Crippen LogP contribution in [-0.2, 0) is 120 Å². The van der Waals surface area contributed by atoms with Gasteiger partial charge in [-0.2, -0.15) is 0 Å². The summed E-state index contributed by atoms with van der Waals surface area (Å²) in [5.74, 6) is 7.18. The molecule has 0 heterocycles. The van der Waals surface area contributed by atoms with Gasteiger partial charge in [0.05, 0.1) is 77.9 Å². The molecule has 0 aliphatic carbocycles. The summed E-state index contributed by atoms with van der Waals surface area (Å²) in [5.41, 5.74) is 30.1. The molecule has 0 radical (unpaired) electrons. The van der Waals surface area contributed by atoms with E-state index in [1.165, 1.54) is 262 Å². The summed E-state index contributed by atoms with van der Waals surface area (Å²) in [6.07, 6.45) is 21.4. The van der Waals surface area contributed by atoms with Crippen molar-refractivity contribution in [3.63, 3.8) is 0 Å². The Kier molecular flexibility index (Phi) is 51.2. The van der Waals surface area contributed by atoms with Crippen LogP contribution in [0.5, 0.6) is 0 Å². The number of hydrogen-bond acceptors (Lipinski definition) is 10. The third-order valence-corrected chi connectivity index (χ3v) is 33.6. The van der Waals surface area contributed by atoms with Crippen molar-refractivity contribution in [2.75, 3.05) is 0 Å². The fourth-order valence-corrected chi connectivity index (χ4v) is 25.4. The lowest BCUT2D eigenvalue weighted by molar-refractivity contribution is 0.556. The summed E-state index contributed by atoms with van der Waals surface area (Å²) in [6, 6.07) is 76.5. The fraction of sp³-hybridized carbons (Fsp3) is 0.406. The Morgan fingerprint density at radius 1 is 0.207 bits per heavy atom. The minimum absolute atomic E-state index is 0. The summed E-state index contributed by atoms with van der Waals surface area (Å²) in [6.45, 7) is 29.7. The molecule has 10 rings (SSSR count). The zero-order valence-electron chi connectivity index (χ0n) is 71.3. The van der Waals surface area contributed by atoms with E-state index in [9.17, 15) is 21.0 Å². The maximum Gasteiger partial charge on any atom is 0.0852 e. The molecule has 0 N–H and O–H groups in total. The van der Waals surface area contributed by atoms with Crippen molar-refractivity contribution in [1.82, 2.24) is 0 Å². The predicted molar refractivity (Wildman–Crippen MR) is 527 cm³/mol. The Morgan fingerprint density at radius 2 is 0.397 bits per heavy atom. The van der Waals surface area contributed by atoms with Crippen LogP contribution in [0.15, 0.2) is 218 Å². The van der Waals surface area contributed by atoms with Crippen molar-refractivity contribution in [3.8, 4) is 0 Å². The molecule has 15 heteroatoms.